The number of nitrogens with zero attached hydrogens (tertiary/aromatic N) is 6. The van der Waals surface area contributed by atoms with Gasteiger partial charge in [-0.15, -0.1) is 0 Å². The highest BCUT2D eigenvalue weighted by molar-refractivity contribution is 5.78. The number of imidazole rings is 1. The molecule has 40 heavy (non-hydrogen) atoms. The summed E-state index contributed by atoms with van der Waals surface area (Å²) in [6, 6.07) is 8.78. The Balaban J connectivity index is 1.20. The molecular formula is C28H35F2N7O3. The van der Waals surface area contributed by atoms with Gasteiger partial charge in [0.05, 0.1) is 30.8 Å². The molecule has 3 fully saturated rings. The van der Waals surface area contributed by atoms with Crippen LogP contribution in [0.5, 0.6) is 5.88 Å². The van der Waals surface area contributed by atoms with E-state index in [0.717, 1.165) is 51.6 Å². The first-order valence-electron chi connectivity index (χ1n) is 14.2. The number of amides is 1. The van der Waals surface area contributed by atoms with Crippen LogP contribution in [0, 0.1) is 0 Å². The number of carbonyl (C=O) groups excluding carboxylic acids is 1. The van der Waals surface area contributed by atoms with Gasteiger partial charge in [-0.05, 0) is 63.7 Å². The van der Waals surface area contributed by atoms with Crippen molar-refractivity contribution >= 4 is 22.9 Å². The smallest absolute Gasteiger partial charge is 0.296 e. The fourth-order valence-corrected chi connectivity index (χ4v) is 5.83. The third-order valence-electron chi connectivity index (χ3n) is 7.87. The van der Waals surface area contributed by atoms with E-state index in [1.807, 2.05) is 4.90 Å². The third kappa shape index (κ3) is 6.02. The van der Waals surface area contributed by atoms with Crippen LogP contribution in [0.1, 0.15) is 50.8 Å². The molecule has 4 heterocycles. The first-order valence-corrected chi connectivity index (χ1v) is 14.2. The number of morpholine rings is 1. The number of ether oxygens (including phenoxy) is 2. The first-order chi connectivity index (χ1) is 19.5. The predicted octanol–water partition coefficient (Wildman–Crippen LogP) is 3.49. The van der Waals surface area contributed by atoms with E-state index in [-0.39, 0.29) is 23.9 Å². The van der Waals surface area contributed by atoms with Crippen LogP contribution in [0.25, 0.3) is 16.9 Å². The quantitative estimate of drug-likeness (QED) is 0.451. The summed E-state index contributed by atoms with van der Waals surface area (Å²) in [7, 11) is 0. The second kappa shape index (κ2) is 12.0. The summed E-state index contributed by atoms with van der Waals surface area (Å²) in [5.41, 5.74) is 1.01. The molecule has 0 bridgehead atoms. The molecule has 6 rings (SSSR count). The Hall–Kier alpha value is -3.38. The van der Waals surface area contributed by atoms with Crippen molar-refractivity contribution in [2.75, 3.05) is 50.8 Å². The molecule has 0 spiro atoms. The van der Waals surface area contributed by atoms with Crippen molar-refractivity contribution in [2.45, 2.75) is 57.1 Å². The van der Waals surface area contributed by atoms with Crippen molar-refractivity contribution in [1.82, 2.24) is 29.7 Å². The van der Waals surface area contributed by atoms with Crippen molar-refractivity contribution in [1.29, 1.82) is 0 Å². The highest BCUT2D eigenvalue weighted by Crippen LogP contribution is 2.31. The zero-order valence-electron chi connectivity index (χ0n) is 22.5. The molecule has 0 radical (unpaired) electrons. The van der Waals surface area contributed by atoms with Gasteiger partial charge in [-0.3, -0.25) is 14.3 Å². The molecule has 0 unspecified atom stereocenters. The largest absolute Gasteiger partial charge is 0.474 e. The Kier molecular flexibility index (Phi) is 8.05. The van der Waals surface area contributed by atoms with Gasteiger partial charge in [0.15, 0.2) is 5.82 Å². The van der Waals surface area contributed by atoms with E-state index >= 15 is 0 Å². The summed E-state index contributed by atoms with van der Waals surface area (Å²) >= 11 is 0. The maximum Gasteiger partial charge on any atom is 0.296 e. The summed E-state index contributed by atoms with van der Waals surface area (Å²) in [4.78, 5) is 30.2. The summed E-state index contributed by atoms with van der Waals surface area (Å²) in [5, 5.41) is 3.18. The van der Waals surface area contributed by atoms with Gasteiger partial charge < -0.3 is 19.7 Å². The molecule has 0 atom stereocenters. The van der Waals surface area contributed by atoms with E-state index in [2.05, 4.69) is 25.2 Å². The summed E-state index contributed by atoms with van der Waals surface area (Å²) in [6.45, 7) is 4.72. The zero-order valence-corrected chi connectivity index (χ0v) is 22.5. The lowest BCUT2D eigenvalue weighted by atomic mass is 9.93. The maximum atomic E-state index is 14.1. The van der Waals surface area contributed by atoms with Crippen LogP contribution in [0.3, 0.4) is 0 Å². The van der Waals surface area contributed by atoms with Gasteiger partial charge in [0.25, 0.3) is 6.43 Å². The Morgan fingerprint density at radius 1 is 1.02 bits per heavy atom. The maximum absolute atomic E-state index is 14.1. The van der Waals surface area contributed by atoms with Crippen LogP contribution in [-0.4, -0.2) is 88.4 Å². The van der Waals surface area contributed by atoms with E-state index < -0.39 is 6.43 Å². The summed E-state index contributed by atoms with van der Waals surface area (Å²) in [5.74, 6) is 0.759. The standard InChI is InChI=1S/C28H35F2N7O3/c29-26(30)27-32-21-5-1-2-6-22(21)37(27)23-17-25(34-28(33-23)36-13-15-39-16-14-36)40-20-9-7-19(8-10-20)31-24(38)18-35-11-3-4-12-35/h1-2,5-6,17,19-20,26H,3-4,7-16,18H2,(H,31,38). The fraction of sp³-hybridized carbons (Fsp3) is 0.571. The van der Waals surface area contributed by atoms with Crippen LogP contribution in [0.2, 0.25) is 0 Å². The van der Waals surface area contributed by atoms with Crippen LogP contribution in [0.15, 0.2) is 30.3 Å². The molecule has 3 aliphatic rings. The van der Waals surface area contributed by atoms with Crippen molar-refractivity contribution < 1.29 is 23.0 Å². The normalized spacial score (nSPS) is 22.2. The van der Waals surface area contributed by atoms with Crippen molar-refractivity contribution in [3.8, 4) is 11.7 Å². The van der Waals surface area contributed by atoms with Crippen LogP contribution in [0.4, 0.5) is 14.7 Å². The number of likely N-dealkylation sites (tertiary alicyclic amines) is 1. The Morgan fingerprint density at radius 2 is 1.77 bits per heavy atom. The van der Waals surface area contributed by atoms with Gasteiger partial charge >= 0.3 is 0 Å². The van der Waals surface area contributed by atoms with Crippen LogP contribution >= 0.6 is 0 Å². The molecule has 12 heteroatoms. The Morgan fingerprint density at radius 3 is 2.52 bits per heavy atom. The van der Waals surface area contributed by atoms with Crippen molar-refractivity contribution in [3.63, 3.8) is 0 Å². The minimum atomic E-state index is -2.78. The first kappa shape index (κ1) is 26.8. The molecule has 1 saturated carbocycles. The molecule has 1 aliphatic carbocycles. The van der Waals surface area contributed by atoms with E-state index in [9.17, 15) is 13.6 Å². The van der Waals surface area contributed by atoms with Gasteiger partial charge in [-0.1, -0.05) is 12.1 Å². The van der Waals surface area contributed by atoms with Gasteiger partial charge in [0, 0.05) is 25.2 Å². The summed E-state index contributed by atoms with van der Waals surface area (Å²) in [6.07, 6.45) is 2.59. The number of halogens is 2. The molecule has 1 amide bonds. The second-order valence-electron chi connectivity index (χ2n) is 10.7. The minimum absolute atomic E-state index is 0.0873. The zero-order chi connectivity index (χ0) is 27.5. The molecule has 1 N–H and O–H groups in total. The molecule has 10 nitrogen and oxygen atoms in total. The number of nitrogens with one attached hydrogen (secondary N) is 1. The monoisotopic (exact) mass is 555 g/mol. The number of anilines is 1. The average Bonchev–Trinajstić information content (AvgIpc) is 3.62. The second-order valence-corrected chi connectivity index (χ2v) is 10.7. The predicted molar refractivity (Wildman–Crippen MR) is 145 cm³/mol. The lowest BCUT2D eigenvalue weighted by Gasteiger charge is -2.30. The SMILES string of the molecule is O=C(CN1CCCC1)NC1CCC(Oc2cc(-n3c(C(F)F)nc4ccccc43)nc(N3CCOCC3)n2)CC1. The van der Waals surface area contributed by atoms with E-state index in [4.69, 9.17) is 9.47 Å². The van der Waals surface area contributed by atoms with E-state index in [1.54, 1.807) is 30.3 Å². The van der Waals surface area contributed by atoms with Gasteiger partial charge in [-0.25, -0.2) is 13.8 Å². The average molecular weight is 556 g/mol. The molecular weight excluding hydrogens is 520 g/mol. The number of rotatable bonds is 8. The van der Waals surface area contributed by atoms with Crippen molar-refractivity contribution in [2.24, 2.45) is 0 Å². The fourth-order valence-electron chi connectivity index (χ4n) is 5.83. The molecule has 3 aromatic rings. The lowest BCUT2D eigenvalue weighted by molar-refractivity contribution is -0.123. The Labute approximate surface area is 231 Å². The number of carbonyl (C=O) groups is 1. The molecule has 1 aromatic carbocycles. The molecule has 214 valence electrons. The van der Waals surface area contributed by atoms with Gasteiger partial charge in [0.1, 0.15) is 11.9 Å². The molecule has 2 saturated heterocycles. The Bertz CT molecular complexity index is 1320. The number of fused-ring (bicyclic) bond motifs is 1. The van der Waals surface area contributed by atoms with E-state index in [0.29, 0.717) is 61.5 Å². The number of hydrogen-bond donors (Lipinski definition) is 1. The highest BCUT2D eigenvalue weighted by Gasteiger charge is 2.27. The van der Waals surface area contributed by atoms with Crippen LogP contribution < -0.4 is 15.0 Å². The summed E-state index contributed by atoms with van der Waals surface area (Å²) < 4.78 is 41.4. The molecule has 2 aromatic heterocycles. The highest BCUT2D eigenvalue weighted by atomic mass is 19.3. The van der Waals surface area contributed by atoms with Crippen molar-refractivity contribution in [3.05, 3.63) is 36.2 Å². The number of alkyl halides is 2. The lowest BCUT2D eigenvalue weighted by Crippen LogP contribution is -2.44. The number of benzene rings is 1. The number of para-hydroxylation sites is 2. The van der Waals surface area contributed by atoms with Crippen LogP contribution in [-0.2, 0) is 9.53 Å². The molecule has 2 aliphatic heterocycles. The van der Waals surface area contributed by atoms with Gasteiger partial charge in [-0.2, -0.15) is 9.97 Å². The minimum Gasteiger partial charge on any atom is -0.474 e. The number of hydrogen-bond acceptors (Lipinski definition) is 8. The van der Waals surface area contributed by atoms with Gasteiger partial charge in [0.2, 0.25) is 17.7 Å². The topological polar surface area (TPSA) is 97.6 Å². The number of aromatic nitrogens is 4. The van der Waals surface area contributed by atoms with E-state index in [1.165, 1.54) is 4.57 Å². The third-order valence-corrected chi connectivity index (χ3v) is 7.87.